The van der Waals surface area contributed by atoms with Crippen molar-refractivity contribution in [2.24, 2.45) is 0 Å². The number of carbonyl (C=O) groups is 2. The first kappa shape index (κ1) is 19.4. The minimum atomic E-state index is -0.866. The summed E-state index contributed by atoms with van der Waals surface area (Å²) in [7, 11) is 0. The lowest BCUT2D eigenvalue weighted by atomic mass is 10.1. The van der Waals surface area contributed by atoms with Gasteiger partial charge in [-0.1, -0.05) is 36.8 Å². The number of esters is 1. The van der Waals surface area contributed by atoms with Crippen LogP contribution in [0.5, 0.6) is 0 Å². The fourth-order valence-corrected chi connectivity index (χ4v) is 2.95. The van der Waals surface area contributed by atoms with Gasteiger partial charge in [0.25, 0.3) is 5.91 Å². The third kappa shape index (κ3) is 4.11. The van der Waals surface area contributed by atoms with Crippen LogP contribution >= 0.6 is 0 Å². The first-order valence-corrected chi connectivity index (χ1v) is 8.99. The molecule has 0 saturated carbocycles. The van der Waals surface area contributed by atoms with Crippen molar-refractivity contribution in [3.8, 4) is 0 Å². The smallest absolute Gasteiger partial charge is 0.374 e. The molecule has 28 heavy (non-hydrogen) atoms. The number of para-hydroxylation sites is 1. The van der Waals surface area contributed by atoms with Crippen molar-refractivity contribution in [1.29, 1.82) is 0 Å². The Morgan fingerprint density at radius 3 is 2.64 bits per heavy atom. The van der Waals surface area contributed by atoms with E-state index in [1.165, 1.54) is 0 Å². The van der Waals surface area contributed by atoms with Crippen molar-refractivity contribution < 1.29 is 18.7 Å². The maximum absolute atomic E-state index is 12.2. The standard InChI is InChI=1S/C22H21NO5/c1-4-15-7-5-6-14(3)21(15)23-20(25)12-27-22(26)19-11-17(24)16-10-13(2)8-9-18(16)28-19/h5-11H,4,12H2,1-3H3,(H,23,25). The Labute approximate surface area is 162 Å². The number of anilines is 1. The molecule has 0 saturated heterocycles. The summed E-state index contributed by atoms with van der Waals surface area (Å²) in [5.41, 5.74) is 3.51. The number of carbonyl (C=O) groups excluding carboxylic acids is 2. The third-order valence-corrected chi connectivity index (χ3v) is 4.42. The first-order valence-electron chi connectivity index (χ1n) is 8.99. The molecule has 1 amide bonds. The number of hydrogen-bond acceptors (Lipinski definition) is 5. The Hall–Kier alpha value is -3.41. The molecular formula is C22H21NO5. The molecule has 2 aromatic carbocycles. The Kier molecular flexibility index (Phi) is 5.59. The van der Waals surface area contributed by atoms with E-state index in [1.807, 2.05) is 39.0 Å². The fraction of sp³-hybridized carbons (Fsp3) is 0.227. The van der Waals surface area contributed by atoms with Crippen molar-refractivity contribution in [2.75, 3.05) is 11.9 Å². The van der Waals surface area contributed by atoms with Crippen molar-refractivity contribution >= 4 is 28.5 Å². The summed E-state index contributed by atoms with van der Waals surface area (Å²) >= 11 is 0. The second-order valence-corrected chi connectivity index (χ2v) is 6.56. The summed E-state index contributed by atoms with van der Waals surface area (Å²) in [4.78, 5) is 36.6. The summed E-state index contributed by atoms with van der Waals surface area (Å²) in [6.45, 7) is 5.27. The Morgan fingerprint density at radius 2 is 1.89 bits per heavy atom. The zero-order valence-corrected chi connectivity index (χ0v) is 16.0. The number of fused-ring (bicyclic) bond motifs is 1. The number of amides is 1. The van der Waals surface area contributed by atoms with Gasteiger partial charge in [-0.2, -0.15) is 0 Å². The highest BCUT2D eigenvalue weighted by molar-refractivity contribution is 5.96. The van der Waals surface area contributed by atoms with E-state index in [9.17, 15) is 14.4 Å². The number of nitrogens with one attached hydrogen (secondary N) is 1. The van der Waals surface area contributed by atoms with Crippen LogP contribution in [0.3, 0.4) is 0 Å². The molecule has 0 aliphatic carbocycles. The van der Waals surface area contributed by atoms with Gasteiger partial charge in [0.1, 0.15) is 5.58 Å². The average molecular weight is 379 g/mol. The minimum Gasteiger partial charge on any atom is -0.450 e. The van der Waals surface area contributed by atoms with Gasteiger partial charge in [-0.3, -0.25) is 9.59 Å². The molecule has 3 aromatic rings. The van der Waals surface area contributed by atoms with Crippen LogP contribution in [0.25, 0.3) is 11.0 Å². The molecule has 144 valence electrons. The Morgan fingerprint density at radius 1 is 1.11 bits per heavy atom. The van der Waals surface area contributed by atoms with Crippen molar-refractivity contribution in [3.05, 3.63) is 75.1 Å². The summed E-state index contributed by atoms with van der Waals surface area (Å²) in [5.74, 6) is -1.56. The highest BCUT2D eigenvalue weighted by Crippen LogP contribution is 2.21. The predicted octanol–water partition coefficient (Wildman–Crippen LogP) is 3.77. The van der Waals surface area contributed by atoms with Gasteiger partial charge in [0.2, 0.25) is 5.76 Å². The fourth-order valence-electron chi connectivity index (χ4n) is 2.95. The molecule has 0 aliphatic rings. The van der Waals surface area contributed by atoms with Crippen LogP contribution in [-0.2, 0) is 16.0 Å². The molecule has 1 heterocycles. The number of rotatable bonds is 5. The highest BCUT2D eigenvalue weighted by Gasteiger charge is 2.16. The molecular weight excluding hydrogens is 358 g/mol. The zero-order chi connectivity index (χ0) is 20.3. The maximum Gasteiger partial charge on any atom is 0.374 e. The van der Waals surface area contributed by atoms with E-state index in [1.54, 1.807) is 18.2 Å². The largest absolute Gasteiger partial charge is 0.450 e. The molecule has 0 unspecified atom stereocenters. The molecule has 3 rings (SSSR count). The molecule has 1 N–H and O–H groups in total. The Bertz CT molecular complexity index is 1110. The predicted molar refractivity (Wildman–Crippen MR) is 107 cm³/mol. The molecule has 6 heteroatoms. The molecule has 0 fully saturated rings. The van der Waals surface area contributed by atoms with Crippen LogP contribution in [0.1, 0.15) is 34.2 Å². The van der Waals surface area contributed by atoms with Gasteiger partial charge >= 0.3 is 5.97 Å². The lowest BCUT2D eigenvalue weighted by Gasteiger charge is -2.13. The van der Waals surface area contributed by atoms with Crippen LogP contribution in [0.4, 0.5) is 5.69 Å². The topological polar surface area (TPSA) is 85.6 Å². The van der Waals surface area contributed by atoms with Crippen LogP contribution in [0, 0.1) is 13.8 Å². The Balaban J connectivity index is 1.71. The summed E-state index contributed by atoms with van der Waals surface area (Å²) < 4.78 is 10.5. The molecule has 0 bridgehead atoms. The molecule has 0 radical (unpaired) electrons. The maximum atomic E-state index is 12.2. The SMILES string of the molecule is CCc1cccc(C)c1NC(=O)COC(=O)c1cc(=O)c2cc(C)ccc2o1. The van der Waals surface area contributed by atoms with E-state index in [-0.39, 0.29) is 11.2 Å². The van der Waals surface area contributed by atoms with Crippen molar-refractivity contribution in [3.63, 3.8) is 0 Å². The zero-order valence-electron chi connectivity index (χ0n) is 16.0. The van der Waals surface area contributed by atoms with Crippen molar-refractivity contribution in [1.82, 2.24) is 0 Å². The van der Waals surface area contributed by atoms with Gasteiger partial charge in [-0.25, -0.2) is 4.79 Å². The molecule has 1 aromatic heterocycles. The van der Waals surface area contributed by atoms with Crippen LogP contribution in [0.15, 0.2) is 51.7 Å². The molecule has 0 aliphatic heterocycles. The number of hydrogen-bond donors (Lipinski definition) is 1. The number of aryl methyl sites for hydroxylation is 3. The second kappa shape index (κ2) is 8.08. The first-order chi connectivity index (χ1) is 13.4. The van der Waals surface area contributed by atoms with Gasteiger partial charge in [-0.05, 0) is 43.5 Å². The monoisotopic (exact) mass is 379 g/mol. The normalized spacial score (nSPS) is 10.7. The lowest BCUT2D eigenvalue weighted by molar-refractivity contribution is -0.119. The van der Waals surface area contributed by atoms with E-state index in [0.717, 1.165) is 34.9 Å². The van der Waals surface area contributed by atoms with Crippen LogP contribution in [-0.4, -0.2) is 18.5 Å². The van der Waals surface area contributed by atoms with Crippen molar-refractivity contribution in [2.45, 2.75) is 27.2 Å². The van der Waals surface area contributed by atoms with Crippen LogP contribution < -0.4 is 10.7 Å². The average Bonchev–Trinajstić information content (AvgIpc) is 2.68. The molecule has 0 spiro atoms. The number of benzene rings is 2. The van der Waals surface area contributed by atoms with E-state index < -0.39 is 18.5 Å². The molecule has 6 nitrogen and oxygen atoms in total. The lowest BCUT2D eigenvalue weighted by Crippen LogP contribution is -2.22. The third-order valence-electron chi connectivity index (χ3n) is 4.42. The highest BCUT2D eigenvalue weighted by atomic mass is 16.5. The van der Waals surface area contributed by atoms with E-state index in [0.29, 0.717) is 11.0 Å². The summed E-state index contributed by atoms with van der Waals surface area (Å²) in [5, 5.41) is 3.17. The summed E-state index contributed by atoms with van der Waals surface area (Å²) in [6.07, 6.45) is 0.763. The van der Waals surface area contributed by atoms with Gasteiger partial charge in [0, 0.05) is 11.8 Å². The number of ether oxygens (including phenoxy) is 1. The molecule has 0 atom stereocenters. The van der Waals surface area contributed by atoms with Crippen LogP contribution in [0.2, 0.25) is 0 Å². The summed E-state index contributed by atoms with van der Waals surface area (Å²) in [6, 6.07) is 11.9. The minimum absolute atomic E-state index is 0.237. The van der Waals surface area contributed by atoms with E-state index >= 15 is 0 Å². The van der Waals surface area contributed by atoms with Gasteiger partial charge in [0.15, 0.2) is 12.0 Å². The van der Waals surface area contributed by atoms with Gasteiger partial charge in [-0.15, -0.1) is 0 Å². The second-order valence-electron chi connectivity index (χ2n) is 6.56. The van der Waals surface area contributed by atoms with E-state index in [4.69, 9.17) is 9.15 Å². The van der Waals surface area contributed by atoms with Gasteiger partial charge in [0.05, 0.1) is 5.39 Å². The van der Waals surface area contributed by atoms with Gasteiger partial charge < -0.3 is 14.5 Å². The quantitative estimate of drug-likeness (QED) is 0.682. The van der Waals surface area contributed by atoms with E-state index in [2.05, 4.69) is 5.32 Å².